The maximum atomic E-state index is 12.0. The first-order valence-corrected chi connectivity index (χ1v) is 8.76. The van der Waals surface area contributed by atoms with Crippen molar-refractivity contribution in [3.05, 3.63) is 0 Å². The molecule has 2 amide bonds. The van der Waals surface area contributed by atoms with Crippen LogP contribution in [-0.4, -0.2) is 74.8 Å². The molecule has 2 rings (SSSR count). The van der Waals surface area contributed by atoms with Crippen LogP contribution in [0.2, 0.25) is 0 Å². The average molecular weight is 305 g/mol. The van der Waals surface area contributed by atoms with Crippen LogP contribution in [0.25, 0.3) is 0 Å². The Hall–Kier alpha value is -0.860. The van der Waals surface area contributed by atoms with Crippen LogP contribution < -0.4 is 5.32 Å². The zero-order chi connectivity index (χ0) is 14.6. The number of sulfonamides is 1. The monoisotopic (exact) mass is 305 g/mol. The molecule has 0 aromatic rings. The largest absolute Gasteiger partial charge is 0.375 e. The highest BCUT2D eigenvalue weighted by atomic mass is 32.2. The van der Waals surface area contributed by atoms with Crippen LogP contribution in [0.5, 0.6) is 0 Å². The maximum Gasteiger partial charge on any atom is 0.317 e. The van der Waals surface area contributed by atoms with E-state index in [2.05, 4.69) is 5.32 Å². The first-order chi connectivity index (χ1) is 9.53. The molecule has 2 aliphatic heterocycles. The van der Waals surface area contributed by atoms with E-state index in [0.717, 1.165) is 6.42 Å². The highest BCUT2D eigenvalue weighted by Crippen LogP contribution is 2.12. The van der Waals surface area contributed by atoms with Crippen molar-refractivity contribution >= 4 is 16.1 Å². The van der Waals surface area contributed by atoms with Crippen molar-refractivity contribution in [3.63, 3.8) is 0 Å². The fraction of sp³-hybridized carbons (Fsp3) is 0.917. The van der Waals surface area contributed by atoms with Gasteiger partial charge in [-0.25, -0.2) is 17.5 Å². The van der Waals surface area contributed by atoms with Gasteiger partial charge in [0.1, 0.15) is 0 Å². The molecule has 8 heteroatoms. The van der Waals surface area contributed by atoms with Gasteiger partial charge < -0.3 is 15.0 Å². The number of amides is 2. The van der Waals surface area contributed by atoms with Crippen LogP contribution in [0.4, 0.5) is 4.79 Å². The van der Waals surface area contributed by atoms with Crippen LogP contribution in [0.1, 0.15) is 19.8 Å². The summed E-state index contributed by atoms with van der Waals surface area (Å²) in [5.41, 5.74) is 0. The fourth-order valence-electron chi connectivity index (χ4n) is 2.49. The van der Waals surface area contributed by atoms with E-state index in [1.807, 2.05) is 6.92 Å². The molecule has 0 radical (unpaired) electrons. The summed E-state index contributed by atoms with van der Waals surface area (Å²) in [5, 5.41) is 2.79. The van der Waals surface area contributed by atoms with Gasteiger partial charge in [-0.05, 0) is 12.8 Å². The Bertz CT molecular complexity index is 440. The van der Waals surface area contributed by atoms with Crippen LogP contribution in [0.15, 0.2) is 0 Å². The van der Waals surface area contributed by atoms with Crippen molar-refractivity contribution in [1.82, 2.24) is 14.5 Å². The number of ether oxygens (including phenoxy) is 1. The lowest BCUT2D eigenvalue weighted by molar-refractivity contribution is -0.0153. The average Bonchev–Trinajstić information content (AvgIpc) is 2.78. The minimum atomic E-state index is -3.07. The summed E-state index contributed by atoms with van der Waals surface area (Å²) in [4.78, 5) is 13.7. The molecule has 0 aliphatic carbocycles. The molecule has 0 spiro atoms. The Balaban J connectivity index is 1.72. The third-order valence-corrected chi connectivity index (χ3v) is 5.68. The third-order valence-electron chi connectivity index (χ3n) is 3.72. The molecule has 1 atom stereocenters. The topological polar surface area (TPSA) is 79.0 Å². The molecular formula is C12H23N3O4S. The Morgan fingerprint density at radius 1 is 1.40 bits per heavy atom. The minimum Gasteiger partial charge on any atom is -0.375 e. The number of urea groups is 1. The number of morpholine rings is 1. The van der Waals surface area contributed by atoms with Crippen LogP contribution in [-0.2, 0) is 14.8 Å². The molecule has 1 unspecified atom stereocenters. The molecule has 7 nitrogen and oxygen atoms in total. The summed E-state index contributed by atoms with van der Waals surface area (Å²) in [7, 11) is -3.07. The summed E-state index contributed by atoms with van der Waals surface area (Å²) in [5.74, 6) is 0.225. The van der Waals surface area contributed by atoms with Crippen molar-refractivity contribution < 1.29 is 17.9 Å². The zero-order valence-electron chi connectivity index (χ0n) is 11.9. The van der Waals surface area contributed by atoms with Crippen molar-refractivity contribution in [2.45, 2.75) is 25.9 Å². The standard InChI is InChI=1S/C12H23N3O4S/c1-2-11-10-14(7-8-19-11)12(16)13-4-6-15-5-3-9-20(15,17)18/h11H,2-10H2,1H3,(H,13,16). The SMILES string of the molecule is CCC1CN(C(=O)NCCN2CCCS2(=O)=O)CCO1. The van der Waals surface area contributed by atoms with E-state index >= 15 is 0 Å². The van der Waals surface area contributed by atoms with Gasteiger partial charge in [0.05, 0.1) is 18.5 Å². The Morgan fingerprint density at radius 2 is 2.20 bits per heavy atom. The van der Waals surface area contributed by atoms with Crippen LogP contribution in [0, 0.1) is 0 Å². The van der Waals surface area contributed by atoms with Gasteiger partial charge in [-0.1, -0.05) is 6.92 Å². The maximum absolute atomic E-state index is 12.0. The molecule has 0 aromatic carbocycles. The third kappa shape index (κ3) is 3.83. The summed E-state index contributed by atoms with van der Waals surface area (Å²) >= 11 is 0. The number of carbonyl (C=O) groups excluding carboxylic acids is 1. The smallest absolute Gasteiger partial charge is 0.317 e. The highest BCUT2D eigenvalue weighted by Gasteiger charge is 2.28. The van der Waals surface area contributed by atoms with Gasteiger partial charge in [0, 0.05) is 32.7 Å². The second-order valence-corrected chi connectivity index (χ2v) is 7.24. The normalized spacial score (nSPS) is 26.6. The molecule has 2 heterocycles. The first-order valence-electron chi connectivity index (χ1n) is 7.15. The van der Waals surface area contributed by atoms with Gasteiger partial charge in [-0.2, -0.15) is 0 Å². The van der Waals surface area contributed by atoms with Crippen molar-refractivity contribution in [2.75, 3.05) is 45.1 Å². The predicted molar refractivity (Wildman–Crippen MR) is 75.0 cm³/mol. The molecule has 0 bridgehead atoms. The summed E-state index contributed by atoms with van der Waals surface area (Å²) in [6.07, 6.45) is 1.67. The highest BCUT2D eigenvalue weighted by molar-refractivity contribution is 7.89. The minimum absolute atomic E-state index is 0.105. The number of hydrogen-bond acceptors (Lipinski definition) is 4. The molecule has 2 saturated heterocycles. The van der Waals surface area contributed by atoms with Crippen LogP contribution in [0.3, 0.4) is 0 Å². The summed E-state index contributed by atoms with van der Waals surface area (Å²) < 4.78 is 30.2. The summed E-state index contributed by atoms with van der Waals surface area (Å²) in [6, 6.07) is -0.136. The molecule has 20 heavy (non-hydrogen) atoms. The van der Waals surface area contributed by atoms with Gasteiger partial charge in [-0.15, -0.1) is 0 Å². The van der Waals surface area contributed by atoms with Gasteiger partial charge >= 0.3 is 6.03 Å². The molecule has 116 valence electrons. The molecule has 2 aliphatic rings. The van der Waals surface area contributed by atoms with Crippen LogP contribution >= 0.6 is 0 Å². The molecular weight excluding hydrogens is 282 g/mol. The Kier molecular flexibility index (Phi) is 5.22. The second kappa shape index (κ2) is 6.73. The van der Waals surface area contributed by atoms with Crippen molar-refractivity contribution in [1.29, 1.82) is 0 Å². The first kappa shape index (κ1) is 15.5. The van der Waals surface area contributed by atoms with E-state index < -0.39 is 10.0 Å². The van der Waals surface area contributed by atoms with E-state index in [4.69, 9.17) is 4.74 Å². The fourth-order valence-corrected chi connectivity index (χ4v) is 4.02. The lowest BCUT2D eigenvalue weighted by Crippen LogP contribution is -2.50. The number of nitrogens with zero attached hydrogens (tertiary/aromatic N) is 2. The van der Waals surface area contributed by atoms with E-state index in [9.17, 15) is 13.2 Å². The van der Waals surface area contributed by atoms with Gasteiger partial charge in [0.25, 0.3) is 0 Å². The van der Waals surface area contributed by atoms with Gasteiger partial charge in [0.15, 0.2) is 0 Å². The number of carbonyl (C=O) groups is 1. The zero-order valence-corrected chi connectivity index (χ0v) is 12.7. The number of rotatable bonds is 4. The van der Waals surface area contributed by atoms with Gasteiger partial charge in [0.2, 0.25) is 10.0 Å². The Morgan fingerprint density at radius 3 is 2.85 bits per heavy atom. The Labute approximate surface area is 120 Å². The second-order valence-electron chi connectivity index (χ2n) is 5.15. The van der Waals surface area contributed by atoms with Gasteiger partial charge in [-0.3, -0.25) is 0 Å². The predicted octanol–water partition coefficient (Wildman–Crippen LogP) is -0.158. The molecule has 0 saturated carbocycles. The molecule has 2 fully saturated rings. The summed E-state index contributed by atoms with van der Waals surface area (Å²) in [6.45, 7) is 5.06. The van der Waals surface area contributed by atoms with Crippen molar-refractivity contribution in [3.8, 4) is 0 Å². The molecule has 0 aromatic heterocycles. The van der Waals surface area contributed by atoms with E-state index in [0.29, 0.717) is 45.8 Å². The quantitative estimate of drug-likeness (QED) is 0.783. The lowest BCUT2D eigenvalue weighted by atomic mass is 10.2. The van der Waals surface area contributed by atoms with E-state index in [-0.39, 0.29) is 17.9 Å². The molecule has 1 N–H and O–H groups in total. The lowest BCUT2D eigenvalue weighted by Gasteiger charge is -2.32. The number of nitrogens with one attached hydrogen (secondary N) is 1. The van der Waals surface area contributed by atoms with E-state index in [1.54, 1.807) is 4.90 Å². The van der Waals surface area contributed by atoms with Crippen molar-refractivity contribution in [2.24, 2.45) is 0 Å². The number of hydrogen-bond donors (Lipinski definition) is 1. The van der Waals surface area contributed by atoms with E-state index in [1.165, 1.54) is 4.31 Å².